The molecule has 0 unspecified atom stereocenters. The number of nitrogens with zero attached hydrogens (tertiary/aromatic N) is 2. The highest BCUT2D eigenvalue weighted by molar-refractivity contribution is 7.92. The van der Waals surface area contributed by atoms with Gasteiger partial charge in [-0.3, -0.25) is 13.9 Å². The number of halogens is 2. The normalized spacial score (nSPS) is 11.8. The third-order valence-corrected chi connectivity index (χ3v) is 8.65. The van der Waals surface area contributed by atoms with Crippen molar-refractivity contribution >= 4 is 50.7 Å². The predicted octanol–water partition coefficient (Wildman–Crippen LogP) is 5.72. The van der Waals surface area contributed by atoms with E-state index >= 15 is 0 Å². The van der Waals surface area contributed by atoms with Gasteiger partial charge in [-0.15, -0.1) is 0 Å². The lowest BCUT2D eigenvalue weighted by Gasteiger charge is -2.33. The minimum Gasteiger partial charge on any atom is -0.489 e. The zero-order valence-corrected chi connectivity index (χ0v) is 26.6. The van der Waals surface area contributed by atoms with Gasteiger partial charge in [0.25, 0.3) is 0 Å². The number of ether oxygens (including phenoxy) is 1. The molecule has 11 heteroatoms. The highest BCUT2D eigenvalue weighted by Gasteiger charge is 2.33. The van der Waals surface area contributed by atoms with Crippen molar-refractivity contribution in [1.29, 1.82) is 0 Å². The van der Waals surface area contributed by atoms with Crippen molar-refractivity contribution in [3.05, 3.63) is 130 Å². The number of hydrogen-bond acceptors (Lipinski definition) is 5. The summed E-state index contributed by atoms with van der Waals surface area (Å²) in [5.74, 6) is -0.451. The molecule has 0 saturated heterocycles. The largest absolute Gasteiger partial charge is 0.489 e. The number of amides is 2. The lowest BCUT2D eigenvalue weighted by molar-refractivity contribution is -0.139. The van der Waals surface area contributed by atoms with Gasteiger partial charge in [-0.05, 0) is 53.1 Å². The molecule has 0 heterocycles. The number of likely N-dealkylation sites (N-methyl/N-ethyl adjacent to an activating group) is 1. The molecule has 0 aromatic heterocycles. The van der Waals surface area contributed by atoms with E-state index in [9.17, 15) is 18.0 Å². The van der Waals surface area contributed by atoms with Crippen LogP contribution in [-0.4, -0.2) is 51.0 Å². The Balaban J connectivity index is 1.63. The molecule has 0 radical (unpaired) electrons. The monoisotopic (exact) mass is 653 g/mol. The summed E-state index contributed by atoms with van der Waals surface area (Å²) in [4.78, 5) is 28.7. The zero-order chi connectivity index (χ0) is 31.7. The average Bonchev–Trinajstić information content (AvgIpc) is 3.01. The summed E-state index contributed by atoms with van der Waals surface area (Å²) in [6.07, 6.45) is 1.23. The first-order valence-electron chi connectivity index (χ1n) is 13.8. The quantitative estimate of drug-likeness (QED) is 0.199. The van der Waals surface area contributed by atoms with Gasteiger partial charge in [0.05, 0.1) is 11.9 Å². The maximum atomic E-state index is 14.1. The lowest BCUT2D eigenvalue weighted by atomic mass is 10.0. The predicted molar refractivity (Wildman–Crippen MR) is 174 cm³/mol. The molecule has 1 N–H and O–H groups in total. The average molecular weight is 655 g/mol. The van der Waals surface area contributed by atoms with Gasteiger partial charge < -0.3 is 15.0 Å². The van der Waals surface area contributed by atoms with E-state index in [0.29, 0.717) is 28.0 Å². The second-order valence-electron chi connectivity index (χ2n) is 10.1. The Hall–Kier alpha value is -4.05. The van der Waals surface area contributed by atoms with Crippen LogP contribution in [0.4, 0.5) is 5.69 Å². The van der Waals surface area contributed by atoms with E-state index in [-0.39, 0.29) is 18.7 Å². The molecule has 4 aromatic rings. The third-order valence-electron chi connectivity index (χ3n) is 6.93. The maximum absolute atomic E-state index is 14.1. The van der Waals surface area contributed by atoms with Crippen LogP contribution >= 0.6 is 23.2 Å². The first-order valence-corrected chi connectivity index (χ1v) is 16.4. The second kappa shape index (κ2) is 15.1. The van der Waals surface area contributed by atoms with Crippen molar-refractivity contribution in [2.45, 2.75) is 25.6 Å². The number of carbonyl (C=O) groups is 2. The van der Waals surface area contributed by atoms with Gasteiger partial charge in [-0.2, -0.15) is 0 Å². The van der Waals surface area contributed by atoms with E-state index in [0.717, 1.165) is 21.7 Å². The Kier molecular flexibility index (Phi) is 11.3. The topological polar surface area (TPSA) is 96.0 Å². The van der Waals surface area contributed by atoms with Crippen LogP contribution < -0.4 is 14.4 Å². The van der Waals surface area contributed by atoms with Gasteiger partial charge in [-0.1, -0.05) is 89.9 Å². The SMILES string of the molecule is CNC(=O)[C@H](Cc1ccccc1)N(Cc1ccc(Cl)cc1Cl)C(=O)CN(c1ccc(OCc2ccccc2)cc1)S(C)(=O)=O. The van der Waals surface area contributed by atoms with E-state index in [1.165, 1.54) is 11.9 Å². The van der Waals surface area contributed by atoms with Gasteiger partial charge in [0.2, 0.25) is 21.8 Å². The van der Waals surface area contributed by atoms with Gasteiger partial charge in [0.15, 0.2) is 0 Å². The summed E-state index contributed by atoms with van der Waals surface area (Å²) in [6.45, 7) is -0.251. The Morgan fingerprint density at radius 2 is 1.48 bits per heavy atom. The molecule has 1 atom stereocenters. The van der Waals surface area contributed by atoms with Crippen LogP contribution in [0.3, 0.4) is 0 Å². The summed E-state index contributed by atoms with van der Waals surface area (Å²) in [6, 6.07) is 29.3. The standard InChI is InChI=1S/C33H33Cl2N3O5S/c1-36-33(40)31(19-24-9-5-3-6-10-24)37(21-26-13-14-27(34)20-30(26)35)32(39)22-38(44(2,41)42)28-15-17-29(18-16-28)43-23-25-11-7-4-8-12-25/h3-18,20,31H,19,21-23H2,1-2H3,(H,36,40)/t31-/m0/s1. The van der Waals surface area contributed by atoms with Gasteiger partial charge in [0.1, 0.15) is 24.9 Å². The number of sulfonamides is 1. The first kappa shape index (κ1) is 32.9. The molecule has 8 nitrogen and oxygen atoms in total. The van der Waals surface area contributed by atoms with Crippen LogP contribution in [-0.2, 0) is 39.2 Å². The van der Waals surface area contributed by atoms with Crippen molar-refractivity contribution in [2.24, 2.45) is 0 Å². The van der Waals surface area contributed by atoms with Crippen molar-refractivity contribution in [2.75, 3.05) is 24.2 Å². The van der Waals surface area contributed by atoms with E-state index in [4.69, 9.17) is 27.9 Å². The smallest absolute Gasteiger partial charge is 0.244 e. The number of carbonyl (C=O) groups excluding carboxylic acids is 2. The number of anilines is 1. The third kappa shape index (κ3) is 8.98. The van der Waals surface area contributed by atoms with Crippen LogP contribution in [0.5, 0.6) is 5.75 Å². The Morgan fingerprint density at radius 3 is 2.05 bits per heavy atom. The molecule has 0 fully saturated rings. The van der Waals surface area contributed by atoms with Crippen LogP contribution in [0.1, 0.15) is 16.7 Å². The van der Waals surface area contributed by atoms with Gasteiger partial charge in [-0.25, -0.2) is 8.42 Å². The molecule has 4 rings (SSSR count). The lowest BCUT2D eigenvalue weighted by Crippen LogP contribution is -2.52. The number of nitrogens with one attached hydrogen (secondary N) is 1. The number of rotatable bonds is 13. The summed E-state index contributed by atoms with van der Waals surface area (Å²) in [5, 5.41) is 3.38. The number of benzene rings is 4. The van der Waals surface area contributed by atoms with Gasteiger partial charge in [0, 0.05) is 30.1 Å². The minimum absolute atomic E-state index is 0.0520. The number of hydrogen-bond donors (Lipinski definition) is 1. The van der Waals surface area contributed by atoms with E-state index in [1.54, 1.807) is 42.5 Å². The highest BCUT2D eigenvalue weighted by atomic mass is 35.5. The fourth-order valence-corrected chi connectivity index (χ4v) is 5.94. The fourth-order valence-electron chi connectivity index (χ4n) is 4.62. The van der Waals surface area contributed by atoms with Crippen molar-refractivity contribution < 1.29 is 22.7 Å². The Labute approximate surface area is 268 Å². The highest BCUT2D eigenvalue weighted by Crippen LogP contribution is 2.26. The molecular weight excluding hydrogens is 621 g/mol. The summed E-state index contributed by atoms with van der Waals surface area (Å²) < 4.78 is 32.8. The maximum Gasteiger partial charge on any atom is 0.244 e. The molecule has 0 aliphatic heterocycles. The van der Waals surface area contributed by atoms with Crippen LogP contribution in [0.15, 0.2) is 103 Å². The first-order chi connectivity index (χ1) is 21.0. The molecule has 0 aliphatic rings. The fraction of sp³-hybridized carbons (Fsp3) is 0.212. The Bertz CT molecular complexity index is 1670. The molecule has 44 heavy (non-hydrogen) atoms. The van der Waals surface area contributed by atoms with Crippen LogP contribution in [0.25, 0.3) is 0 Å². The second-order valence-corrected chi connectivity index (χ2v) is 12.9. The zero-order valence-electron chi connectivity index (χ0n) is 24.3. The molecule has 230 valence electrons. The summed E-state index contributed by atoms with van der Waals surface area (Å²) >= 11 is 12.6. The molecule has 0 saturated carbocycles. The minimum atomic E-state index is -3.91. The van der Waals surface area contributed by atoms with Crippen LogP contribution in [0.2, 0.25) is 10.0 Å². The van der Waals surface area contributed by atoms with Crippen molar-refractivity contribution in [3.63, 3.8) is 0 Å². The molecular formula is C33H33Cl2N3O5S. The molecule has 2 amide bonds. The molecule has 0 bridgehead atoms. The molecule has 4 aromatic carbocycles. The summed E-state index contributed by atoms with van der Waals surface area (Å²) in [5.41, 5.74) is 2.64. The molecule has 0 spiro atoms. The Morgan fingerprint density at radius 1 is 0.864 bits per heavy atom. The van der Waals surface area contributed by atoms with E-state index in [2.05, 4.69) is 5.32 Å². The van der Waals surface area contributed by atoms with Crippen molar-refractivity contribution in [1.82, 2.24) is 10.2 Å². The summed E-state index contributed by atoms with van der Waals surface area (Å²) in [7, 11) is -2.42. The van der Waals surface area contributed by atoms with Crippen molar-refractivity contribution in [3.8, 4) is 5.75 Å². The van der Waals surface area contributed by atoms with Gasteiger partial charge >= 0.3 is 0 Å². The van der Waals surface area contributed by atoms with Crippen LogP contribution in [0, 0.1) is 0 Å². The van der Waals surface area contributed by atoms with E-state index in [1.807, 2.05) is 60.7 Å². The van der Waals surface area contributed by atoms with E-state index < -0.39 is 34.4 Å². The molecule has 0 aliphatic carbocycles.